The molecule has 0 aliphatic rings. The number of ether oxygens (including phenoxy) is 2. The van der Waals surface area contributed by atoms with Gasteiger partial charge in [0.25, 0.3) is 5.91 Å². The SMILES string of the molecule is CCOc1ccc(Cn2cc(NC(=O)c3cc(-c4ccc(Cl)c(Cl)c4)n[nH]3)cn2)cc1OCC. The van der Waals surface area contributed by atoms with E-state index in [-0.39, 0.29) is 5.91 Å². The van der Waals surface area contributed by atoms with Gasteiger partial charge >= 0.3 is 0 Å². The number of carbonyl (C=O) groups excluding carboxylic acids is 1. The Labute approximate surface area is 206 Å². The standard InChI is InChI=1S/C24H23Cl2N5O3/c1-3-33-22-8-5-15(9-23(22)34-4-2)13-31-14-17(12-27-31)28-24(32)21-11-20(29-30-21)16-6-7-18(25)19(26)10-16/h5-12,14H,3-4,13H2,1-2H3,(H,28,32)(H,29,30). The molecule has 4 rings (SSSR count). The van der Waals surface area contributed by atoms with Gasteiger partial charge in [-0.05, 0) is 49.7 Å². The zero-order valence-corrected chi connectivity index (χ0v) is 20.2. The van der Waals surface area contributed by atoms with Crippen LogP contribution in [-0.4, -0.2) is 39.1 Å². The Balaban J connectivity index is 1.42. The van der Waals surface area contributed by atoms with Crippen molar-refractivity contribution in [3.8, 4) is 22.8 Å². The van der Waals surface area contributed by atoms with Gasteiger partial charge in [0.2, 0.25) is 0 Å². The van der Waals surface area contributed by atoms with Gasteiger partial charge < -0.3 is 14.8 Å². The zero-order chi connectivity index (χ0) is 24.1. The molecule has 0 aliphatic carbocycles. The van der Waals surface area contributed by atoms with Gasteiger partial charge in [0, 0.05) is 11.8 Å². The maximum Gasteiger partial charge on any atom is 0.273 e. The van der Waals surface area contributed by atoms with Crippen LogP contribution in [-0.2, 0) is 6.54 Å². The molecule has 0 unspecified atom stereocenters. The molecule has 0 fully saturated rings. The highest BCUT2D eigenvalue weighted by molar-refractivity contribution is 6.42. The summed E-state index contributed by atoms with van der Waals surface area (Å²) in [6, 6.07) is 12.6. The highest BCUT2D eigenvalue weighted by atomic mass is 35.5. The van der Waals surface area contributed by atoms with E-state index in [1.54, 1.807) is 41.3 Å². The van der Waals surface area contributed by atoms with Crippen LogP contribution in [0.1, 0.15) is 29.9 Å². The molecule has 0 saturated heterocycles. The largest absolute Gasteiger partial charge is 0.490 e. The van der Waals surface area contributed by atoms with E-state index in [0.717, 1.165) is 11.1 Å². The van der Waals surface area contributed by atoms with Crippen molar-refractivity contribution in [2.24, 2.45) is 0 Å². The summed E-state index contributed by atoms with van der Waals surface area (Å²) in [4.78, 5) is 12.7. The van der Waals surface area contributed by atoms with Crippen LogP contribution in [0.15, 0.2) is 54.9 Å². The number of amides is 1. The van der Waals surface area contributed by atoms with Gasteiger partial charge in [-0.25, -0.2) is 0 Å². The van der Waals surface area contributed by atoms with Gasteiger partial charge in [-0.1, -0.05) is 35.3 Å². The van der Waals surface area contributed by atoms with Crippen LogP contribution in [0.5, 0.6) is 11.5 Å². The Morgan fingerprint density at radius 3 is 2.59 bits per heavy atom. The summed E-state index contributed by atoms with van der Waals surface area (Å²) >= 11 is 12.0. The molecule has 176 valence electrons. The highest BCUT2D eigenvalue weighted by Gasteiger charge is 2.14. The number of nitrogens with one attached hydrogen (secondary N) is 2. The van der Waals surface area contributed by atoms with E-state index >= 15 is 0 Å². The third-order valence-electron chi connectivity index (χ3n) is 4.88. The van der Waals surface area contributed by atoms with Gasteiger partial charge in [0.15, 0.2) is 11.5 Å². The lowest BCUT2D eigenvalue weighted by Gasteiger charge is -2.12. The summed E-state index contributed by atoms with van der Waals surface area (Å²) in [6.45, 7) is 5.47. The molecule has 8 nitrogen and oxygen atoms in total. The molecule has 0 saturated carbocycles. The van der Waals surface area contributed by atoms with E-state index in [0.29, 0.717) is 58.4 Å². The van der Waals surface area contributed by atoms with Crippen LogP contribution in [0.2, 0.25) is 10.0 Å². The maximum atomic E-state index is 12.7. The van der Waals surface area contributed by atoms with Crippen molar-refractivity contribution in [2.45, 2.75) is 20.4 Å². The summed E-state index contributed by atoms with van der Waals surface area (Å²) in [7, 11) is 0. The minimum atomic E-state index is -0.335. The molecule has 0 bridgehead atoms. The average Bonchev–Trinajstić information content (AvgIpc) is 3.48. The number of aromatic amines is 1. The lowest BCUT2D eigenvalue weighted by atomic mass is 10.1. The number of nitrogens with zero attached hydrogens (tertiary/aromatic N) is 3. The molecule has 0 atom stereocenters. The Morgan fingerprint density at radius 1 is 1.03 bits per heavy atom. The fourth-order valence-electron chi connectivity index (χ4n) is 3.34. The van der Waals surface area contributed by atoms with Crippen LogP contribution in [0, 0.1) is 0 Å². The van der Waals surface area contributed by atoms with E-state index in [1.165, 1.54) is 0 Å². The Hall–Kier alpha value is -3.49. The van der Waals surface area contributed by atoms with Crippen LogP contribution in [0.25, 0.3) is 11.3 Å². The Bertz CT molecular complexity index is 1300. The van der Waals surface area contributed by atoms with Crippen molar-refractivity contribution in [3.63, 3.8) is 0 Å². The van der Waals surface area contributed by atoms with Crippen LogP contribution >= 0.6 is 23.2 Å². The van der Waals surface area contributed by atoms with Crippen LogP contribution in [0.3, 0.4) is 0 Å². The monoisotopic (exact) mass is 499 g/mol. The van der Waals surface area contributed by atoms with Crippen molar-refractivity contribution in [1.29, 1.82) is 0 Å². The fraction of sp³-hybridized carbons (Fsp3) is 0.208. The summed E-state index contributed by atoms with van der Waals surface area (Å²) in [6.07, 6.45) is 3.34. The number of aromatic nitrogens is 4. The van der Waals surface area contributed by atoms with Crippen molar-refractivity contribution in [2.75, 3.05) is 18.5 Å². The molecule has 1 amide bonds. The molecular weight excluding hydrogens is 477 g/mol. The number of hydrogen-bond donors (Lipinski definition) is 2. The van der Waals surface area contributed by atoms with Crippen molar-refractivity contribution in [3.05, 3.63) is 76.2 Å². The average molecular weight is 500 g/mol. The lowest BCUT2D eigenvalue weighted by Crippen LogP contribution is -2.11. The Morgan fingerprint density at radius 2 is 1.82 bits per heavy atom. The number of anilines is 1. The number of hydrogen-bond acceptors (Lipinski definition) is 5. The molecular formula is C24H23Cl2N5O3. The van der Waals surface area contributed by atoms with Crippen LogP contribution < -0.4 is 14.8 Å². The van der Waals surface area contributed by atoms with Crippen molar-refractivity contribution < 1.29 is 14.3 Å². The molecule has 0 aliphatic heterocycles. The second-order valence-electron chi connectivity index (χ2n) is 7.32. The van der Waals surface area contributed by atoms with Gasteiger partial charge in [0.1, 0.15) is 5.69 Å². The van der Waals surface area contributed by atoms with Gasteiger partial charge in [0.05, 0.1) is 47.4 Å². The smallest absolute Gasteiger partial charge is 0.273 e. The highest BCUT2D eigenvalue weighted by Crippen LogP contribution is 2.29. The molecule has 34 heavy (non-hydrogen) atoms. The van der Waals surface area contributed by atoms with Gasteiger partial charge in [-0.2, -0.15) is 10.2 Å². The predicted octanol–water partition coefficient (Wildman–Crippen LogP) is 5.68. The second-order valence-corrected chi connectivity index (χ2v) is 8.14. The zero-order valence-electron chi connectivity index (χ0n) is 18.6. The minimum Gasteiger partial charge on any atom is -0.490 e. The summed E-state index contributed by atoms with van der Waals surface area (Å²) in [5, 5.41) is 15.0. The van der Waals surface area contributed by atoms with Gasteiger partial charge in [-0.3, -0.25) is 14.6 Å². The summed E-state index contributed by atoms with van der Waals surface area (Å²) in [5.41, 5.74) is 3.19. The molecule has 2 aromatic carbocycles. The number of H-pyrrole nitrogens is 1. The van der Waals surface area contributed by atoms with E-state index in [9.17, 15) is 4.79 Å². The topological polar surface area (TPSA) is 94.1 Å². The number of halogens is 2. The van der Waals surface area contributed by atoms with Crippen molar-refractivity contribution in [1.82, 2.24) is 20.0 Å². The fourth-order valence-corrected chi connectivity index (χ4v) is 3.63. The number of rotatable bonds is 9. The first kappa shape index (κ1) is 23.7. The first-order valence-corrected chi connectivity index (χ1v) is 11.5. The van der Waals surface area contributed by atoms with Crippen molar-refractivity contribution >= 4 is 34.8 Å². The molecule has 0 radical (unpaired) electrons. The second kappa shape index (κ2) is 10.6. The first-order chi connectivity index (χ1) is 16.5. The van der Waals surface area contributed by atoms with E-state index in [4.69, 9.17) is 32.7 Å². The third-order valence-corrected chi connectivity index (χ3v) is 5.62. The van der Waals surface area contributed by atoms with Gasteiger partial charge in [-0.15, -0.1) is 0 Å². The molecule has 0 spiro atoms. The summed E-state index contributed by atoms with van der Waals surface area (Å²) in [5.74, 6) is 1.07. The lowest BCUT2D eigenvalue weighted by molar-refractivity contribution is 0.102. The molecule has 4 aromatic rings. The molecule has 2 aromatic heterocycles. The molecule has 10 heteroatoms. The Kier molecular flexibility index (Phi) is 7.40. The predicted molar refractivity (Wildman–Crippen MR) is 132 cm³/mol. The molecule has 2 heterocycles. The minimum absolute atomic E-state index is 0.307. The molecule has 2 N–H and O–H groups in total. The maximum absolute atomic E-state index is 12.7. The number of carbonyl (C=O) groups is 1. The number of benzene rings is 2. The van der Waals surface area contributed by atoms with E-state index in [1.807, 2.05) is 32.0 Å². The summed E-state index contributed by atoms with van der Waals surface area (Å²) < 4.78 is 13.0. The van der Waals surface area contributed by atoms with Crippen LogP contribution in [0.4, 0.5) is 5.69 Å². The first-order valence-electron chi connectivity index (χ1n) is 10.7. The van der Waals surface area contributed by atoms with E-state index in [2.05, 4.69) is 20.6 Å². The normalized spacial score (nSPS) is 10.8. The third kappa shape index (κ3) is 5.52. The van der Waals surface area contributed by atoms with E-state index < -0.39 is 0 Å². The quantitative estimate of drug-likeness (QED) is 0.309.